The molecule has 0 atom stereocenters. The van der Waals surface area contributed by atoms with Gasteiger partial charge in [-0.05, 0) is 30.7 Å². The third-order valence-electron chi connectivity index (χ3n) is 2.35. The van der Waals surface area contributed by atoms with E-state index >= 15 is 0 Å². The molecule has 2 aromatic rings. The summed E-state index contributed by atoms with van der Waals surface area (Å²) in [6, 6.07) is 13.5. The quantitative estimate of drug-likeness (QED) is 0.609. The molecule has 0 spiro atoms. The first-order valence-electron chi connectivity index (χ1n) is 5.37. The van der Waals surface area contributed by atoms with E-state index in [1.165, 1.54) is 0 Å². The molecule has 0 bridgehead atoms. The van der Waals surface area contributed by atoms with Crippen LogP contribution in [0.5, 0.6) is 0 Å². The fourth-order valence-corrected chi connectivity index (χ4v) is 1.68. The summed E-state index contributed by atoms with van der Waals surface area (Å²) in [5.41, 5.74) is 0.631. The number of fused-ring (bicyclic) bond motifs is 1. The van der Waals surface area contributed by atoms with Crippen molar-refractivity contribution in [1.29, 1.82) is 0 Å². The molecule has 0 aliphatic carbocycles. The minimum atomic E-state index is -0.258. The zero-order chi connectivity index (χ0) is 11.5. The summed E-state index contributed by atoms with van der Waals surface area (Å²) in [5, 5.41) is 2.00. The Bertz CT molecular complexity index is 524. The maximum Gasteiger partial charge on any atom is 2.00 e. The first-order chi connectivity index (χ1) is 7.68. The van der Waals surface area contributed by atoms with E-state index in [4.69, 9.17) is 4.74 Å². The molecular formula is C14H16CaO2. The van der Waals surface area contributed by atoms with E-state index in [9.17, 15) is 4.79 Å². The number of hydrogen-bond donors (Lipinski definition) is 0. The standard InChI is InChI=1S/C14H14O2.Ca.2H/c1-10(2)16-14(15)13-9-5-7-11-6-3-4-8-12(11)13;;;/h3-10H,1-2H3;;;/q;+2;2*-1. The predicted octanol–water partition coefficient (Wildman–Crippen LogP) is 3.25. The van der Waals surface area contributed by atoms with Crippen molar-refractivity contribution in [2.75, 3.05) is 0 Å². The Labute approximate surface area is 134 Å². The SMILES string of the molecule is CC(C)OC(=O)c1cccc2ccccc12.[Ca+2].[H-].[H-]. The Hall–Kier alpha value is -0.570. The summed E-state index contributed by atoms with van der Waals surface area (Å²) in [4.78, 5) is 11.8. The maximum absolute atomic E-state index is 11.8. The van der Waals surface area contributed by atoms with Gasteiger partial charge in [-0.25, -0.2) is 4.79 Å². The molecule has 0 aromatic heterocycles. The molecule has 0 amide bonds. The molecular weight excluding hydrogens is 240 g/mol. The van der Waals surface area contributed by atoms with Crippen molar-refractivity contribution < 1.29 is 12.4 Å². The van der Waals surface area contributed by atoms with Gasteiger partial charge in [-0.1, -0.05) is 36.4 Å². The Kier molecular flexibility index (Phi) is 5.44. The van der Waals surface area contributed by atoms with Gasteiger partial charge in [0.2, 0.25) is 0 Å². The third kappa shape index (κ3) is 3.44. The maximum atomic E-state index is 11.8. The van der Waals surface area contributed by atoms with Crippen LogP contribution in [0.3, 0.4) is 0 Å². The molecule has 0 radical (unpaired) electrons. The average Bonchev–Trinajstić information content (AvgIpc) is 2.27. The second-order valence-corrected chi connectivity index (χ2v) is 3.98. The molecule has 0 aliphatic rings. The van der Waals surface area contributed by atoms with Crippen LogP contribution in [0.15, 0.2) is 42.5 Å². The van der Waals surface area contributed by atoms with Crippen molar-refractivity contribution in [3.05, 3.63) is 48.0 Å². The summed E-state index contributed by atoms with van der Waals surface area (Å²) < 4.78 is 5.21. The van der Waals surface area contributed by atoms with Gasteiger partial charge in [0.15, 0.2) is 0 Å². The first-order valence-corrected chi connectivity index (χ1v) is 5.37. The molecule has 3 heteroatoms. The van der Waals surface area contributed by atoms with Crippen LogP contribution in [0.2, 0.25) is 0 Å². The number of hydrogen-bond acceptors (Lipinski definition) is 2. The van der Waals surface area contributed by atoms with E-state index in [2.05, 4.69) is 0 Å². The zero-order valence-corrected chi connectivity index (χ0v) is 12.4. The van der Waals surface area contributed by atoms with Crippen LogP contribution in [-0.2, 0) is 4.74 Å². The van der Waals surface area contributed by atoms with Crippen molar-refractivity contribution in [2.45, 2.75) is 20.0 Å². The summed E-state index contributed by atoms with van der Waals surface area (Å²) in [7, 11) is 0. The monoisotopic (exact) mass is 256 g/mol. The van der Waals surface area contributed by atoms with Gasteiger partial charge in [-0.3, -0.25) is 0 Å². The van der Waals surface area contributed by atoms with E-state index in [1.54, 1.807) is 6.07 Å². The normalized spacial score (nSPS) is 10.1. The number of carbonyl (C=O) groups is 1. The Morgan fingerprint density at radius 3 is 2.47 bits per heavy atom. The second kappa shape index (κ2) is 6.39. The van der Waals surface area contributed by atoms with Crippen LogP contribution in [0.1, 0.15) is 27.1 Å². The van der Waals surface area contributed by atoms with Gasteiger partial charge in [0.1, 0.15) is 0 Å². The van der Waals surface area contributed by atoms with Crippen LogP contribution in [0.4, 0.5) is 0 Å². The molecule has 86 valence electrons. The van der Waals surface area contributed by atoms with Gasteiger partial charge >= 0.3 is 43.7 Å². The smallest absolute Gasteiger partial charge is 1.00 e. The number of ether oxygens (including phenoxy) is 1. The van der Waals surface area contributed by atoms with Crippen LogP contribution < -0.4 is 0 Å². The molecule has 0 aliphatic heterocycles. The Morgan fingerprint density at radius 1 is 1.12 bits per heavy atom. The van der Waals surface area contributed by atoms with Crippen molar-refractivity contribution in [1.82, 2.24) is 0 Å². The minimum absolute atomic E-state index is 0. The third-order valence-corrected chi connectivity index (χ3v) is 2.35. The molecule has 17 heavy (non-hydrogen) atoms. The van der Waals surface area contributed by atoms with E-state index in [0.29, 0.717) is 5.56 Å². The van der Waals surface area contributed by atoms with Crippen LogP contribution in [0, 0.1) is 0 Å². The largest absolute Gasteiger partial charge is 2.00 e. The Balaban J connectivity index is 0. The van der Waals surface area contributed by atoms with Gasteiger partial charge in [-0.2, -0.15) is 0 Å². The van der Waals surface area contributed by atoms with E-state index < -0.39 is 0 Å². The molecule has 2 aromatic carbocycles. The second-order valence-electron chi connectivity index (χ2n) is 3.98. The van der Waals surface area contributed by atoms with Crippen molar-refractivity contribution >= 4 is 54.5 Å². The van der Waals surface area contributed by atoms with Crippen molar-refractivity contribution in [3.8, 4) is 0 Å². The van der Waals surface area contributed by atoms with Gasteiger partial charge in [0.05, 0.1) is 11.7 Å². The molecule has 0 unspecified atom stereocenters. The Morgan fingerprint density at radius 2 is 1.76 bits per heavy atom. The van der Waals surface area contributed by atoms with Crippen LogP contribution >= 0.6 is 0 Å². The predicted molar refractivity (Wildman–Crippen MR) is 72.5 cm³/mol. The first kappa shape index (κ1) is 14.5. The average molecular weight is 256 g/mol. The van der Waals surface area contributed by atoms with E-state index in [1.807, 2.05) is 50.2 Å². The van der Waals surface area contributed by atoms with Crippen molar-refractivity contribution in [2.24, 2.45) is 0 Å². The van der Waals surface area contributed by atoms with Gasteiger partial charge in [-0.15, -0.1) is 0 Å². The van der Waals surface area contributed by atoms with Crippen LogP contribution in [-0.4, -0.2) is 49.8 Å². The summed E-state index contributed by atoms with van der Waals surface area (Å²) in [6.07, 6.45) is -0.0912. The zero-order valence-electron chi connectivity index (χ0n) is 12.1. The summed E-state index contributed by atoms with van der Waals surface area (Å²) in [5.74, 6) is -0.258. The van der Waals surface area contributed by atoms with Crippen LogP contribution in [0.25, 0.3) is 10.8 Å². The number of carbonyl (C=O) groups excluding carboxylic acids is 1. The molecule has 0 fully saturated rings. The molecule has 0 saturated heterocycles. The van der Waals surface area contributed by atoms with Gasteiger partial charge < -0.3 is 7.59 Å². The van der Waals surface area contributed by atoms with E-state index in [-0.39, 0.29) is 52.7 Å². The number of esters is 1. The summed E-state index contributed by atoms with van der Waals surface area (Å²) >= 11 is 0. The summed E-state index contributed by atoms with van der Waals surface area (Å²) in [6.45, 7) is 3.70. The fraction of sp³-hybridized carbons (Fsp3) is 0.214. The van der Waals surface area contributed by atoms with E-state index in [0.717, 1.165) is 10.8 Å². The number of benzene rings is 2. The molecule has 2 nitrogen and oxygen atoms in total. The molecule has 0 saturated carbocycles. The molecule has 2 rings (SSSR count). The molecule has 0 heterocycles. The fourth-order valence-electron chi connectivity index (χ4n) is 1.68. The minimum Gasteiger partial charge on any atom is -1.00 e. The topological polar surface area (TPSA) is 26.3 Å². The molecule has 0 N–H and O–H groups in total. The number of rotatable bonds is 2. The van der Waals surface area contributed by atoms with Crippen molar-refractivity contribution in [3.63, 3.8) is 0 Å². The van der Waals surface area contributed by atoms with Gasteiger partial charge in [0.25, 0.3) is 0 Å². The van der Waals surface area contributed by atoms with Gasteiger partial charge in [0, 0.05) is 0 Å².